The summed E-state index contributed by atoms with van der Waals surface area (Å²) in [6, 6.07) is 0. The Labute approximate surface area is 206 Å². The molecular formula is C29H46O5. The Balaban J connectivity index is 1.69. The van der Waals surface area contributed by atoms with Gasteiger partial charge in [0.15, 0.2) is 0 Å². The van der Waals surface area contributed by atoms with Crippen LogP contribution in [-0.4, -0.2) is 35.4 Å². The van der Waals surface area contributed by atoms with E-state index in [1.165, 1.54) is 5.57 Å². The van der Waals surface area contributed by atoms with Crippen molar-refractivity contribution < 1.29 is 24.2 Å². The quantitative estimate of drug-likeness (QED) is 0.393. The molecule has 0 bridgehead atoms. The molecule has 5 nitrogen and oxygen atoms in total. The van der Waals surface area contributed by atoms with Crippen LogP contribution in [0.25, 0.3) is 0 Å². The first-order valence-corrected chi connectivity index (χ1v) is 13.8. The smallest absolute Gasteiger partial charge is 0.311 e. The third-order valence-electron chi connectivity index (χ3n) is 8.43. The number of hydrogen-bond acceptors (Lipinski definition) is 5. The molecule has 8 unspecified atom stereocenters. The number of rotatable bonds is 10. The minimum Gasteiger partial charge on any atom is -0.462 e. The van der Waals surface area contributed by atoms with Gasteiger partial charge in [0.25, 0.3) is 0 Å². The molecule has 0 radical (unpaired) electrons. The van der Waals surface area contributed by atoms with E-state index in [9.17, 15) is 14.7 Å². The molecule has 3 rings (SSSR count). The summed E-state index contributed by atoms with van der Waals surface area (Å²) in [5, 5.41) is 10.6. The monoisotopic (exact) mass is 474 g/mol. The largest absolute Gasteiger partial charge is 0.462 e. The van der Waals surface area contributed by atoms with E-state index in [0.29, 0.717) is 30.6 Å². The zero-order valence-electron chi connectivity index (χ0n) is 21.9. The van der Waals surface area contributed by atoms with Gasteiger partial charge in [-0.3, -0.25) is 9.59 Å². The lowest BCUT2D eigenvalue weighted by atomic mass is 9.65. The lowest BCUT2D eigenvalue weighted by molar-refractivity contribution is -0.171. The highest BCUT2D eigenvalue weighted by atomic mass is 16.6. The van der Waals surface area contributed by atoms with Gasteiger partial charge in [0.05, 0.1) is 17.9 Å². The van der Waals surface area contributed by atoms with Gasteiger partial charge in [-0.15, -0.1) is 0 Å². The fraction of sp³-hybridized carbons (Fsp3) is 0.793. The summed E-state index contributed by atoms with van der Waals surface area (Å²) < 4.78 is 12.0. The summed E-state index contributed by atoms with van der Waals surface area (Å²) in [5.41, 5.74) is 1.28. The Kier molecular flexibility index (Phi) is 9.82. The molecule has 1 fully saturated rings. The van der Waals surface area contributed by atoms with Crippen molar-refractivity contribution in [3.63, 3.8) is 0 Å². The van der Waals surface area contributed by atoms with Crippen LogP contribution in [0.2, 0.25) is 0 Å². The number of ether oxygens (including phenoxy) is 2. The van der Waals surface area contributed by atoms with Crippen molar-refractivity contribution in [2.24, 2.45) is 35.5 Å². The average Bonchev–Trinajstić information content (AvgIpc) is 2.79. The van der Waals surface area contributed by atoms with Crippen molar-refractivity contribution in [1.29, 1.82) is 0 Å². The highest BCUT2D eigenvalue weighted by Gasteiger charge is 2.43. The van der Waals surface area contributed by atoms with Crippen LogP contribution in [-0.2, 0) is 19.1 Å². The Morgan fingerprint density at radius 3 is 2.53 bits per heavy atom. The predicted molar refractivity (Wildman–Crippen MR) is 134 cm³/mol. The first-order chi connectivity index (χ1) is 16.3. The second-order valence-corrected chi connectivity index (χ2v) is 11.0. The normalized spacial score (nSPS) is 35.5. The fourth-order valence-corrected chi connectivity index (χ4v) is 6.27. The van der Waals surface area contributed by atoms with E-state index in [1.54, 1.807) is 0 Å². The first kappa shape index (κ1) is 27.0. The van der Waals surface area contributed by atoms with Gasteiger partial charge in [0, 0.05) is 12.3 Å². The molecule has 3 aliphatic rings. The Bertz CT molecular complexity index is 752. The molecule has 2 aliphatic carbocycles. The number of aliphatic hydroxyl groups excluding tert-OH is 1. The van der Waals surface area contributed by atoms with Crippen LogP contribution in [0, 0.1) is 35.5 Å². The van der Waals surface area contributed by atoms with E-state index >= 15 is 0 Å². The summed E-state index contributed by atoms with van der Waals surface area (Å²) in [6.07, 6.45) is 13.1. The van der Waals surface area contributed by atoms with Crippen molar-refractivity contribution >= 4 is 11.9 Å². The number of fused-ring (bicyclic) bond motifs is 1. The van der Waals surface area contributed by atoms with Crippen LogP contribution < -0.4 is 0 Å². The van der Waals surface area contributed by atoms with Crippen LogP contribution in [0.15, 0.2) is 23.8 Å². The summed E-state index contributed by atoms with van der Waals surface area (Å²) in [7, 11) is 0. The van der Waals surface area contributed by atoms with E-state index < -0.39 is 6.10 Å². The zero-order chi connectivity index (χ0) is 24.8. The van der Waals surface area contributed by atoms with E-state index in [-0.39, 0.29) is 41.9 Å². The van der Waals surface area contributed by atoms with Gasteiger partial charge >= 0.3 is 11.9 Å². The number of unbranched alkanes of at least 4 members (excludes halogenated alkanes) is 1. The number of cyclic esters (lactones) is 1. The van der Waals surface area contributed by atoms with Crippen LogP contribution in [0.1, 0.15) is 92.4 Å². The highest BCUT2D eigenvalue weighted by Crippen LogP contribution is 2.45. The van der Waals surface area contributed by atoms with Crippen LogP contribution in [0.4, 0.5) is 0 Å². The second kappa shape index (κ2) is 12.4. The zero-order valence-corrected chi connectivity index (χ0v) is 21.9. The van der Waals surface area contributed by atoms with Crippen molar-refractivity contribution in [1.82, 2.24) is 0 Å². The highest BCUT2D eigenvalue weighted by molar-refractivity contribution is 5.74. The summed E-state index contributed by atoms with van der Waals surface area (Å²) >= 11 is 0. The maximum Gasteiger partial charge on any atom is 0.311 e. The van der Waals surface area contributed by atoms with Gasteiger partial charge in [-0.2, -0.15) is 0 Å². The first-order valence-electron chi connectivity index (χ1n) is 13.8. The third-order valence-corrected chi connectivity index (χ3v) is 8.43. The lowest BCUT2D eigenvalue weighted by Gasteiger charge is -2.43. The van der Waals surface area contributed by atoms with Crippen molar-refractivity contribution in [3.8, 4) is 0 Å². The Morgan fingerprint density at radius 1 is 1.15 bits per heavy atom. The minimum atomic E-state index is -0.610. The number of carbonyl (C=O) groups is 2. The lowest BCUT2D eigenvalue weighted by Crippen LogP contribution is -2.43. The van der Waals surface area contributed by atoms with E-state index in [4.69, 9.17) is 9.47 Å². The van der Waals surface area contributed by atoms with Gasteiger partial charge in [0.2, 0.25) is 0 Å². The molecule has 0 spiro atoms. The van der Waals surface area contributed by atoms with Gasteiger partial charge < -0.3 is 14.6 Å². The van der Waals surface area contributed by atoms with Crippen LogP contribution >= 0.6 is 0 Å². The number of esters is 2. The molecule has 0 saturated carbocycles. The van der Waals surface area contributed by atoms with E-state index in [1.807, 2.05) is 13.8 Å². The number of carbonyl (C=O) groups excluding carboxylic acids is 2. The topological polar surface area (TPSA) is 72.8 Å². The molecular weight excluding hydrogens is 428 g/mol. The van der Waals surface area contributed by atoms with Gasteiger partial charge in [-0.05, 0) is 61.9 Å². The molecule has 1 N–H and O–H groups in total. The molecule has 1 aliphatic heterocycles. The Morgan fingerprint density at radius 2 is 1.88 bits per heavy atom. The molecule has 1 heterocycles. The molecule has 192 valence electrons. The molecule has 0 amide bonds. The predicted octanol–water partition coefficient (Wildman–Crippen LogP) is 6.00. The SMILES string of the molecule is CCCCC1C(=O)OC(CCC2C(C)C=CC3=CC(C)CC(OC(=O)C(CC)CC)C32)CC1O. The molecule has 8 atom stereocenters. The molecule has 0 aromatic heterocycles. The van der Waals surface area contributed by atoms with Gasteiger partial charge in [-0.25, -0.2) is 0 Å². The summed E-state index contributed by atoms with van der Waals surface area (Å²) in [6.45, 7) is 10.6. The fourth-order valence-electron chi connectivity index (χ4n) is 6.27. The molecule has 0 aromatic carbocycles. The van der Waals surface area contributed by atoms with E-state index in [2.05, 4.69) is 39.0 Å². The second-order valence-electron chi connectivity index (χ2n) is 11.0. The summed E-state index contributed by atoms with van der Waals surface area (Å²) in [4.78, 5) is 25.4. The van der Waals surface area contributed by atoms with Crippen LogP contribution in [0.3, 0.4) is 0 Å². The molecule has 5 heteroatoms. The third kappa shape index (κ3) is 6.33. The minimum absolute atomic E-state index is 0.0385. The maximum absolute atomic E-state index is 12.9. The standard InChI is InChI=1S/C29H46O5/c1-6-9-10-24-25(30)17-22(33-29(24)32)13-14-23-19(5)11-12-21-15-18(4)16-26(27(21)23)34-28(31)20(7-2)8-3/h11-12,15,18-20,22-27,30H,6-10,13-14,16-17H2,1-5H3. The number of hydrogen-bond donors (Lipinski definition) is 1. The summed E-state index contributed by atoms with van der Waals surface area (Å²) in [5.74, 6) is 0.502. The van der Waals surface area contributed by atoms with Gasteiger partial charge in [0.1, 0.15) is 12.2 Å². The maximum atomic E-state index is 12.9. The van der Waals surface area contributed by atoms with Crippen molar-refractivity contribution in [2.75, 3.05) is 0 Å². The van der Waals surface area contributed by atoms with Crippen molar-refractivity contribution in [3.05, 3.63) is 23.8 Å². The number of allylic oxidation sites excluding steroid dienone is 3. The Hall–Kier alpha value is -1.62. The van der Waals surface area contributed by atoms with E-state index in [0.717, 1.165) is 44.9 Å². The molecule has 34 heavy (non-hydrogen) atoms. The number of aliphatic hydroxyl groups is 1. The molecule has 1 saturated heterocycles. The van der Waals surface area contributed by atoms with Gasteiger partial charge in [-0.1, -0.05) is 65.7 Å². The van der Waals surface area contributed by atoms with Crippen LogP contribution in [0.5, 0.6) is 0 Å². The average molecular weight is 475 g/mol. The molecule has 0 aromatic rings. The van der Waals surface area contributed by atoms with Crippen molar-refractivity contribution in [2.45, 2.75) is 111 Å².